The van der Waals surface area contributed by atoms with Crippen molar-refractivity contribution in [3.8, 4) is 23.0 Å². The van der Waals surface area contributed by atoms with Gasteiger partial charge in [-0.25, -0.2) is 32.4 Å². The van der Waals surface area contributed by atoms with Crippen molar-refractivity contribution in [1.29, 1.82) is 0 Å². The number of hydrogen-bond acceptors (Lipinski definition) is 10. The molecule has 0 aliphatic heterocycles. The van der Waals surface area contributed by atoms with Crippen molar-refractivity contribution in [2.45, 2.75) is 65.9 Å². The Balaban J connectivity index is 1.64. The molecule has 0 radical (unpaired) electrons. The number of esters is 1. The second kappa shape index (κ2) is 13.4. The Bertz CT molecular complexity index is 1890. The van der Waals surface area contributed by atoms with Crippen LogP contribution in [-0.4, -0.2) is 71.6 Å². The summed E-state index contributed by atoms with van der Waals surface area (Å²) < 4.78 is 44.8. The highest BCUT2D eigenvalue weighted by Gasteiger charge is 2.38. The topological polar surface area (TPSA) is 173 Å². The lowest BCUT2D eigenvalue weighted by Crippen LogP contribution is -2.37. The van der Waals surface area contributed by atoms with Crippen LogP contribution in [0.2, 0.25) is 0 Å². The lowest BCUT2D eigenvalue weighted by molar-refractivity contribution is -0.0249. The summed E-state index contributed by atoms with van der Waals surface area (Å²) in [6, 6.07) is 4.57. The van der Waals surface area contributed by atoms with E-state index in [9.17, 15) is 18.0 Å². The Morgan fingerprint density at radius 1 is 1.23 bits per heavy atom. The van der Waals surface area contributed by atoms with Crippen molar-refractivity contribution >= 4 is 51.0 Å². The summed E-state index contributed by atoms with van der Waals surface area (Å²) in [6.45, 7) is 16.1. The molecule has 16 heteroatoms. The molecule has 2 N–H and O–H groups in total. The lowest BCUT2D eigenvalue weighted by atomic mass is 9.75. The van der Waals surface area contributed by atoms with Gasteiger partial charge in [-0.15, -0.1) is 0 Å². The van der Waals surface area contributed by atoms with Gasteiger partial charge in [0.1, 0.15) is 17.4 Å². The Morgan fingerprint density at radius 3 is 2.53 bits per heavy atom. The van der Waals surface area contributed by atoms with Gasteiger partial charge >= 0.3 is 12.1 Å². The molecule has 2 aliphatic carbocycles. The van der Waals surface area contributed by atoms with Crippen molar-refractivity contribution in [1.82, 2.24) is 19.7 Å². The highest BCUT2D eigenvalue weighted by atomic mass is 32.2. The monoisotopic (exact) mass is 666 g/mol. The maximum Gasteiger partial charge on any atom is 0.457 e. The summed E-state index contributed by atoms with van der Waals surface area (Å²) >= 11 is 0. The van der Waals surface area contributed by atoms with E-state index in [1.807, 2.05) is 20.8 Å². The van der Waals surface area contributed by atoms with E-state index in [1.54, 1.807) is 6.07 Å². The quantitative estimate of drug-likeness (QED) is 0.118. The highest BCUT2D eigenvalue weighted by molar-refractivity contribution is 7.92. The molecule has 2 heterocycles. The van der Waals surface area contributed by atoms with Gasteiger partial charge in [-0.2, -0.15) is 10.2 Å². The largest absolute Gasteiger partial charge is 0.496 e. The van der Waals surface area contributed by atoms with Gasteiger partial charge in [0.25, 0.3) is 5.69 Å². The molecule has 2 atom stereocenters. The fourth-order valence-corrected chi connectivity index (χ4v) is 6.50. The smallest absolute Gasteiger partial charge is 0.457 e. The van der Waals surface area contributed by atoms with E-state index in [0.717, 1.165) is 42.8 Å². The van der Waals surface area contributed by atoms with Gasteiger partial charge in [0.05, 0.1) is 25.5 Å². The number of hydrogen-bond donors (Lipinski definition) is 2. The molecule has 0 bridgehead atoms. The number of fused-ring (bicyclic) bond motifs is 1. The minimum atomic E-state index is -3.61. The number of aromatic amines is 1. The normalized spacial score (nSPS) is 20.9. The van der Waals surface area contributed by atoms with E-state index in [2.05, 4.69) is 36.8 Å². The summed E-state index contributed by atoms with van der Waals surface area (Å²) in [6.07, 6.45) is 4.85. The predicted molar refractivity (Wildman–Crippen MR) is 176 cm³/mol. The zero-order valence-corrected chi connectivity index (χ0v) is 27.9. The first-order chi connectivity index (χ1) is 22.3. The third-order valence-corrected chi connectivity index (χ3v) is 8.54. The minimum absolute atomic E-state index is 0.0380. The maximum atomic E-state index is 14.0. The van der Waals surface area contributed by atoms with Crippen LogP contribution in [0, 0.1) is 24.3 Å². The number of ether oxygens (including phenoxy) is 3. The number of methoxy groups -OCH3 is 1. The third kappa shape index (κ3) is 7.40. The molecular formula is C31H38N8O7S. The van der Waals surface area contributed by atoms with Crippen molar-refractivity contribution in [3.05, 3.63) is 35.2 Å². The van der Waals surface area contributed by atoms with Crippen LogP contribution < -0.4 is 14.2 Å². The number of nitrogens with one attached hydrogen (secondary N) is 2. The number of anilines is 1. The lowest BCUT2D eigenvalue weighted by Gasteiger charge is -2.37. The average molecular weight is 667 g/mol. The SMILES string of the molecule is [C-]#[N+]c1c(C(=O)OC2C(C)CC(C)CC2C)c2nc(-c3cc(NS(C)(=O)=O)ccc3OC)[nH]n2c1OC(=O)N(N=C1CC1)/N=C/CC. The number of hydrazone groups is 2. The molecule has 2 fully saturated rings. The first-order valence-corrected chi connectivity index (χ1v) is 17.2. The number of carbonyl (C=O) groups excluding carboxylic acids is 2. The molecule has 3 aromatic rings. The molecule has 2 aliphatic rings. The highest BCUT2D eigenvalue weighted by Crippen LogP contribution is 2.42. The van der Waals surface area contributed by atoms with Gasteiger partial charge < -0.3 is 14.2 Å². The number of aromatic nitrogens is 3. The molecule has 1 amide bonds. The molecule has 250 valence electrons. The summed E-state index contributed by atoms with van der Waals surface area (Å²) in [5.41, 5.74) is 0.804. The summed E-state index contributed by atoms with van der Waals surface area (Å²) in [5, 5.41) is 12.1. The fourth-order valence-electron chi connectivity index (χ4n) is 5.95. The third-order valence-electron chi connectivity index (χ3n) is 7.93. The van der Waals surface area contributed by atoms with Gasteiger partial charge in [0.2, 0.25) is 15.9 Å². The second-order valence-corrected chi connectivity index (χ2v) is 13.8. The van der Waals surface area contributed by atoms with Crippen LogP contribution in [0.5, 0.6) is 11.6 Å². The average Bonchev–Trinajstić information content (AvgIpc) is 3.65. The number of benzene rings is 1. The minimum Gasteiger partial charge on any atom is -0.496 e. The number of sulfonamides is 1. The zero-order chi connectivity index (χ0) is 34.0. The van der Waals surface area contributed by atoms with Gasteiger partial charge in [0, 0.05) is 17.6 Å². The van der Waals surface area contributed by atoms with Crippen LogP contribution in [0.25, 0.3) is 21.9 Å². The molecule has 1 aromatic carbocycles. The molecule has 2 aromatic heterocycles. The molecule has 0 saturated heterocycles. The van der Waals surface area contributed by atoms with Crippen LogP contribution >= 0.6 is 0 Å². The van der Waals surface area contributed by atoms with E-state index in [4.69, 9.17) is 20.8 Å². The van der Waals surface area contributed by atoms with E-state index in [1.165, 1.54) is 30.0 Å². The number of rotatable bonds is 10. The Labute approximate surface area is 272 Å². The fraction of sp³-hybridized carbons (Fsp3) is 0.484. The van der Waals surface area contributed by atoms with E-state index in [0.29, 0.717) is 23.7 Å². The van der Waals surface area contributed by atoms with E-state index in [-0.39, 0.29) is 46.1 Å². The first kappa shape index (κ1) is 33.5. The van der Waals surface area contributed by atoms with Crippen LogP contribution in [-0.2, 0) is 14.8 Å². The van der Waals surface area contributed by atoms with Gasteiger partial charge in [-0.05, 0) is 68.1 Å². The Morgan fingerprint density at radius 2 is 1.94 bits per heavy atom. The molecule has 5 rings (SSSR count). The summed E-state index contributed by atoms with van der Waals surface area (Å²) in [5.74, 6) is -0.0000530. The van der Waals surface area contributed by atoms with Crippen molar-refractivity contribution in [2.24, 2.45) is 28.0 Å². The maximum absolute atomic E-state index is 14.0. The first-order valence-electron chi connectivity index (χ1n) is 15.3. The standard InChI is InChI=1S/C31H38N8O7S/c1-8-13-33-39(35-20-9-10-20)31(41)46-29-25(32-5)24(30(40)45-26-18(3)14-17(2)15-19(26)4)28-34-27(36-38(28)29)22-16-21(37-47(7,42)43)11-12-23(22)44-6/h11-13,16-19,26,37H,8-10,14-15H2,1-4,6-7H3,(H,34,36)/b33-13+. The number of H-pyrrole nitrogens is 1. The zero-order valence-electron chi connectivity index (χ0n) is 27.1. The van der Waals surface area contributed by atoms with Crippen molar-refractivity contribution in [2.75, 3.05) is 18.1 Å². The number of nitrogens with zero attached hydrogens (tertiary/aromatic N) is 6. The molecule has 47 heavy (non-hydrogen) atoms. The van der Waals surface area contributed by atoms with E-state index >= 15 is 0 Å². The second-order valence-electron chi connectivity index (χ2n) is 12.1. The molecule has 2 saturated carbocycles. The van der Waals surface area contributed by atoms with E-state index < -0.39 is 28.2 Å². The summed E-state index contributed by atoms with van der Waals surface area (Å²) in [7, 11) is -2.17. The summed E-state index contributed by atoms with van der Waals surface area (Å²) in [4.78, 5) is 35.6. The van der Waals surface area contributed by atoms with Gasteiger partial charge in [0.15, 0.2) is 11.5 Å². The van der Waals surface area contributed by atoms with Crippen molar-refractivity contribution in [3.63, 3.8) is 0 Å². The predicted octanol–water partition coefficient (Wildman–Crippen LogP) is 5.83. The Kier molecular flexibility index (Phi) is 9.57. The van der Waals surface area contributed by atoms with Gasteiger partial charge in [-0.3, -0.25) is 9.82 Å². The Hall–Kier alpha value is -4.91. The van der Waals surface area contributed by atoms with Crippen LogP contribution in [0.4, 0.5) is 16.2 Å². The van der Waals surface area contributed by atoms with Crippen LogP contribution in [0.3, 0.4) is 0 Å². The number of carbonyl (C=O) groups is 2. The van der Waals surface area contributed by atoms with Crippen LogP contribution in [0.1, 0.15) is 70.2 Å². The van der Waals surface area contributed by atoms with Gasteiger partial charge in [-0.1, -0.05) is 32.8 Å². The molecule has 15 nitrogen and oxygen atoms in total. The molecule has 2 unspecified atom stereocenters. The van der Waals surface area contributed by atoms with Crippen molar-refractivity contribution < 1.29 is 32.2 Å². The molecular weight excluding hydrogens is 628 g/mol. The van der Waals surface area contributed by atoms with Crippen LogP contribution in [0.15, 0.2) is 28.4 Å². The molecule has 0 spiro atoms. The number of amides is 1.